The van der Waals surface area contributed by atoms with Gasteiger partial charge in [0.05, 0.1) is 12.6 Å². The van der Waals surface area contributed by atoms with Crippen LogP contribution in [0.2, 0.25) is 0 Å². The van der Waals surface area contributed by atoms with Gasteiger partial charge >= 0.3 is 0 Å². The summed E-state index contributed by atoms with van der Waals surface area (Å²) in [7, 11) is -3.31. The number of imidazole rings is 1. The van der Waals surface area contributed by atoms with E-state index >= 15 is 0 Å². The van der Waals surface area contributed by atoms with E-state index in [2.05, 4.69) is 15.0 Å². The maximum Gasteiger partial charge on any atom is 0.229 e. The highest BCUT2D eigenvalue weighted by molar-refractivity contribution is 7.92. The highest BCUT2D eigenvalue weighted by Gasteiger charge is 2.06. The lowest BCUT2D eigenvalue weighted by Crippen LogP contribution is -2.33. The van der Waals surface area contributed by atoms with E-state index in [1.54, 1.807) is 36.8 Å². The number of anilines is 1. The summed E-state index contributed by atoms with van der Waals surface area (Å²) in [6, 6.07) is 14.2. The van der Waals surface area contributed by atoms with Gasteiger partial charge in [-0.05, 0) is 48.5 Å². The van der Waals surface area contributed by atoms with E-state index in [0.29, 0.717) is 31.1 Å². The quantitative estimate of drug-likeness (QED) is 0.339. The monoisotopic (exact) mass is 480 g/mol. The predicted molar refractivity (Wildman–Crippen MR) is 129 cm³/mol. The van der Waals surface area contributed by atoms with E-state index in [1.807, 2.05) is 35.0 Å². The Hall–Kier alpha value is -2.73. The Morgan fingerprint density at radius 2 is 1.72 bits per heavy atom. The van der Waals surface area contributed by atoms with Crippen molar-refractivity contribution in [3.8, 4) is 17.2 Å². The lowest BCUT2D eigenvalue weighted by Gasteiger charge is -2.14. The van der Waals surface area contributed by atoms with Crippen LogP contribution in [0.3, 0.4) is 0 Å². The zero-order valence-electron chi connectivity index (χ0n) is 17.6. The molecule has 1 aromatic heterocycles. The number of hydrogen-bond donors (Lipinski definition) is 3. The average Bonchev–Trinajstić information content (AvgIpc) is 3.27. The highest BCUT2D eigenvalue weighted by atomic mass is 32.2. The number of nitrogens with zero attached hydrogens (tertiary/aromatic N) is 2. The van der Waals surface area contributed by atoms with Gasteiger partial charge in [-0.2, -0.15) is 13.5 Å². The number of aliphatic hydroxyl groups is 1. The smallest absolute Gasteiger partial charge is 0.229 e. The van der Waals surface area contributed by atoms with E-state index in [4.69, 9.17) is 9.47 Å². The molecule has 1 atom stereocenters. The second-order valence-corrected chi connectivity index (χ2v) is 8.63. The number of aliphatic hydroxyl groups excluding tert-OH is 1. The van der Waals surface area contributed by atoms with Crippen LogP contribution in [0.15, 0.2) is 67.3 Å². The largest absolute Gasteiger partial charge is 0.492 e. The number of rotatable bonds is 12. The minimum absolute atomic E-state index is 0. The van der Waals surface area contributed by atoms with E-state index < -0.39 is 16.1 Å². The Balaban J connectivity index is 0.00000363. The molecular weight excluding hydrogens is 452 g/mol. The molecule has 3 N–H and O–H groups in total. The van der Waals surface area contributed by atoms with Gasteiger partial charge in [0.25, 0.3) is 0 Å². The van der Waals surface area contributed by atoms with Gasteiger partial charge in [-0.15, -0.1) is 0 Å². The van der Waals surface area contributed by atoms with Crippen molar-refractivity contribution < 1.29 is 23.0 Å². The molecular formula is C21H28N4O5S2. The zero-order valence-corrected chi connectivity index (χ0v) is 19.5. The van der Waals surface area contributed by atoms with Crippen molar-refractivity contribution in [2.24, 2.45) is 0 Å². The summed E-state index contributed by atoms with van der Waals surface area (Å²) < 4.78 is 37.9. The molecule has 0 fully saturated rings. The highest BCUT2D eigenvalue weighted by Crippen LogP contribution is 2.17. The molecule has 9 nitrogen and oxygen atoms in total. The van der Waals surface area contributed by atoms with Crippen LogP contribution in [-0.4, -0.2) is 61.7 Å². The molecule has 11 heteroatoms. The number of hydrogen-bond acceptors (Lipinski definition) is 7. The van der Waals surface area contributed by atoms with Crippen LogP contribution in [0, 0.1) is 0 Å². The first kappa shape index (κ1) is 25.5. The fourth-order valence-electron chi connectivity index (χ4n) is 2.72. The average molecular weight is 481 g/mol. The minimum atomic E-state index is -3.31. The molecule has 174 valence electrons. The molecule has 1 heterocycles. The first-order valence-corrected chi connectivity index (χ1v) is 11.6. The number of ether oxygens (including phenoxy) is 2. The number of sulfonamides is 1. The van der Waals surface area contributed by atoms with Gasteiger partial charge in [0.1, 0.15) is 30.8 Å². The molecule has 0 aliphatic heterocycles. The Labute approximate surface area is 194 Å². The molecule has 0 spiro atoms. The van der Waals surface area contributed by atoms with Crippen LogP contribution in [0.4, 0.5) is 5.69 Å². The molecule has 0 radical (unpaired) electrons. The summed E-state index contributed by atoms with van der Waals surface area (Å²) in [4.78, 5) is 4.02. The van der Waals surface area contributed by atoms with E-state index in [9.17, 15) is 13.5 Å². The third-order valence-electron chi connectivity index (χ3n) is 4.17. The van der Waals surface area contributed by atoms with Gasteiger partial charge in [-0.25, -0.2) is 13.4 Å². The lowest BCUT2D eigenvalue weighted by molar-refractivity contribution is 0.105. The van der Waals surface area contributed by atoms with Crippen LogP contribution in [-0.2, 0) is 10.0 Å². The molecule has 0 saturated carbocycles. The van der Waals surface area contributed by atoms with E-state index in [0.717, 1.165) is 17.7 Å². The zero-order chi connectivity index (χ0) is 22.1. The normalized spacial score (nSPS) is 11.9. The third-order valence-corrected chi connectivity index (χ3v) is 4.77. The second kappa shape index (κ2) is 12.3. The van der Waals surface area contributed by atoms with Crippen molar-refractivity contribution in [2.75, 3.05) is 37.3 Å². The predicted octanol–water partition coefficient (Wildman–Crippen LogP) is 1.76. The van der Waals surface area contributed by atoms with Crippen LogP contribution in [0.25, 0.3) is 5.69 Å². The summed E-state index contributed by atoms with van der Waals surface area (Å²) in [6.45, 7) is 1.51. The van der Waals surface area contributed by atoms with Crippen molar-refractivity contribution in [3.63, 3.8) is 0 Å². The molecule has 0 bridgehead atoms. The Morgan fingerprint density at radius 1 is 1.06 bits per heavy atom. The molecule has 0 amide bonds. The van der Waals surface area contributed by atoms with E-state index in [1.165, 1.54) is 0 Å². The van der Waals surface area contributed by atoms with Crippen molar-refractivity contribution in [1.29, 1.82) is 0 Å². The van der Waals surface area contributed by atoms with Crippen molar-refractivity contribution in [3.05, 3.63) is 67.3 Å². The molecule has 3 aromatic rings. The van der Waals surface area contributed by atoms with Gasteiger partial charge in [0.2, 0.25) is 10.0 Å². The molecule has 3 rings (SSSR count). The maximum atomic E-state index is 11.2. The first-order chi connectivity index (χ1) is 14.9. The van der Waals surface area contributed by atoms with E-state index in [-0.39, 0.29) is 20.1 Å². The third kappa shape index (κ3) is 8.79. The Bertz CT molecular complexity index is 1030. The number of aromatic nitrogens is 2. The topological polar surface area (TPSA) is 115 Å². The van der Waals surface area contributed by atoms with Crippen molar-refractivity contribution in [2.45, 2.75) is 6.10 Å². The summed E-state index contributed by atoms with van der Waals surface area (Å²) >= 11 is 0. The lowest BCUT2D eigenvalue weighted by atomic mass is 10.3. The standard InChI is InChI=1S/C21H26N4O5S.H2S/c1-31(27,28)24-17-2-6-21(7-3-17)30-15-19(26)14-22-11-13-29-20-8-4-18(5-9-20)25-12-10-23-16-25;/h2-10,12,16,19,22,24,26H,11,13-15H2,1H3;1H2/t19-;/m0./s1. The molecule has 0 saturated heterocycles. The number of nitrogens with one attached hydrogen (secondary N) is 2. The van der Waals surface area contributed by atoms with Gasteiger partial charge in [-0.1, -0.05) is 0 Å². The number of benzene rings is 2. The van der Waals surface area contributed by atoms with Crippen LogP contribution >= 0.6 is 13.5 Å². The SMILES string of the molecule is CS(=O)(=O)Nc1ccc(OC[C@@H](O)CNCCOc2ccc(-n3ccnc3)cc2)cc1.S. The fourth-order valence-corrected chi connectivity index (χ4v) is 3.28. The van der Waals surface area contributed by atoms with Crippen LogP contribution < -0.4 is 19.5 Å². The summed E-state index contributed by atoms with van der Waals surface area (Å²) in [6.07, 6.45) is 5.73. The summed E-state index contributed by atoms with van der Waals surface area (Å²) in [5, 5.41) is 13.1. The molecule has 32 heavy (non-hydrogen) atoms. The van der Waals surface area contributed by atoms with Gasteiger partial charge in [-0.3, -0.25) is 4.72 Å². The van der Waals surface area contributed by atoms with Crippen LogP contribution in [0.1, 0.15) is 0 Å². The molecule has 0 unspecified atom stereocenters. The van der Waals surface area contributed by atoms with Gasteiger partial charge in [0, 0.05) is 36.9 Å². The molecule has 2 aromatic carbocycles. The van der Waals surface area contributed by atoms with Gasteiger partial charge < -0.3 is 24.5 Å². The Kier molecular flexibility index (Phi) is 9.85. The summed E-state index contributed by atoms with van der Waals surface area (Å²) in [5.41, 5.74) is 1.46. The summed E-state index contributed by atoms with van der Waals surface area (Å²) in [5.74, 6) is 1.31. The second-order valence-electron chi connectivity index (χ2n) is 6.88. The Morgan fingerprint density at radius 3 is 2.34 bits per heavy atom. The van der Waals surface area contributed by atoms with Crippen LogP contribution in [0.5, 0.6) is 11.5 Å². The molecule has 0 aliphatic rings. The first-order valence-electron chi connectivity index (χ1n) is 9.70. The fraction of sp³-hybridized carbons (Fsp3) is 0.286. The molecule has 0 aliphatic carbocycles. The van der Waals surface area contributed by atoms with Crippen molar-refractivity contribution >= 4 is 29.2 Å². The van der Waals surface area contributed by atoms with Crippen molar-refractivity contribution in [1.82, 2.24) is 14.9 Å². The minimum Gasteiger partial charge on any atom is -0.492 e. The maximum absolute atomic E-state index is 11.2. The van der Waals surface area contributed by atoms with Gasteiger partial charge in [0.15, 0.2) is 0 Å².